The molecule has 0 saturated carbocycles. The van der Waals surface area contributed by atoms with E-state index in [1.165, 1.54) is 0 Å². The third-order valence-corrected chi connectivity index (χ3v) is 4.03. The van der Waals surface area contributed by atoms with Crippen LogP contribution in [0.5, 0.6) is 0 Å². The number of hydrogen-bond acceptors (Lipinski definition) is 4. The Bertz CT molecular complexity index is 664. The molecule has 0 spiro atoms. The SMILES string of the molecule is COC1CCN(c2cc(C(=O)O)nc3ccccc23)CC1. The van der Waals surface area contributed by atoms with Crippen LogP contribution in [0.2, 0.25) is 0 Å². The van der Waals surface area contributed by atoms with Gasteiger partial charge in [0.05, 0.1) is 11.6 Å². The lowest BCUT2D eigenvalue weighted by atomic mass is 10.0. The molecule has 1 fully saturated rings. The molecule has 1 aromatic heterocycles. The number of nitrogens with zero attached hydrogens (tertiary/aromatic N) is 2. The molecule has 0 radical (unpaired) electrons. The number of hydrogen-bond donors (Lipinski definition) is 1. The highest BCUT2D eigenvalue weighted by Crippen LogP contribution is 2.29. The number of carboxylic acid groups (broad SMARTS) is 1. The summed E-state index contributed by atoms with van der Waals surface area (Å²) in [5.74, 6) is -0.992. The van der Waals surface area contributed by atoms with E-state index in [0.29, 0.717) is 6.10 Å². The van der Waals surface area contributed by atoms with Gasteiger partial charge < -0.3 is 14.7 Å². The van der Waals surface area contributed by atoms with Crippen molar-refractivity contribution in [3.8, 4) is 0 Å². The van der Waals surface area contributed by atoms with Crippen LogP contribution in [0.15, 0.2) is 30.3 Å². The first kappa shape index (κ1) is 13.8. The van der Waals surface area contributed by atoms with Crippen molar-refractivity contribution < 1.29 is 14.6 Å². The van der Waals surface area contributed by atoms with Crippen LogP contribution in [-0.4, -0.2) is 42.4 Å². The molecule has 1 saturated heterocycles. The molecule has 1 aromatic carbocycles. The molecule has 2 aromatic rings. The maximum Gasteiger partial charge on any atom is 0.354 e. The topological polar surface area (TPSA) is 62.7 Å². The van der Waals surface area contributed by atoms with Crippen molar-refractivity contribution in [3.05, 3.63) is 36.0 Å². The van der Waals surface area contributed by atoms with Crippen molar-refractivity contribution in [1.29, 1.82) is 0 Å². The van der Waals surface area contributed by atoms with Crippen LogP contribution >= 0.6 is 0 Å². The summed E-state index contributed by atoms with van der Waals surface area (Å²) in [4.78, 5) is 17.7. The second-order valence-corrected chi connectivity index (χ2v) is 5.27. The average Bonchev–Trinajstić information content (AvgIpc) is 2.54. The van der Waals surface area contributed by atoms with Gasteiger partial charge in [-0.15, -0.1) is 0 Å². The highest BCUT2D eigenvalue weighted by atomic mass is 16.5. The normalized spacial score (nSPS) is 16.3. The number of ether oxygens (including phenoxy) is 1. The first-order chi connectivity index (χ1) is 10.2. The van der Waals surface area contributed by atoms with Crippen LogP contribution in [0.4, 0.5) is 5.69 Å². The van der Waals surface area contributed by atoms with Crippen molar-refractivity contribution in [3.63, 3.8) is 0 Å². The zero-order valence-electron chi connectivity index (χ0n) is 12.0. The predicted octanol–water partition coefficient (Wildman–Crippen LogP) is 2.55. The fraction of sp³-hybridized carbons (Fsp3) is 0.375. The molecule has 1 aliphatic heterocycles. The lowest BCUT2D eigenvalue weighted by Gasteiger charge is -2.33. The number of anilines is 1. The number of fused-ring (bicyclic) bond motifs is 1. The first-order valence-corrected chi connectivity index (χ1v) is 7.10. The number of aromatic nitrogens is 1. The lowest BCUT2D eigenvalue weighted by Crippen LogP contribution is -2.36. The van der Waals surface area contributed by atoms with Gasteiger partial charge in [0.15, 0.2) is 5.69 Å². The molecular weight excluding hydrogens is 268 g/mol. The molecule has 5 nitrogen and oxygen atoms in total. The lowest BCUT2D eigenvalue weighted by molar-refractivity contribution is 0.0690. The number of carbonyl (C=O) groups is 1. The Kier molecular flexibility index (Phi) is 3.75. The van der Waals surface area contributed by atoms with E-state index in [0.717, 1.165) is 42.5 Å². The van der Waals surface area contributed by atoms with Crippen molar-refractivity contribution in [1.82, 2.24) is 4.98 Å². The quantitative estimate of drug-likeness (QED) is 0.939. The fourth-order valence-electron chi connectivity index (χ4n) is 2.86. The minimum absolute atomic E-state index is 0.0950. The van der Waals surface area contributed by atoms with Crippen molar-refractivity contribution in [2.75, 3.05) is 25.1 Å². The second-order valence-electron chi connectivity index (χ2n) is 5.27. The molecule has 110 valence electrons. The Labute approximate surface area is 123 Å². The van der Waals surface area contributed by atoms with Gasteiger partial charge in [0.1, 0.15) is 0 Å². The third kappa shape index (κ3) is 2.69. The van der Waals surface area contributed by atoms with Gasteiger partial charge in [0, 0.05) is 31.3 Å². The molecule has 0 amide bonds. The van der Waals surface area contributed by atoms with E-state index in [-0.39, 0.29) is 5.69 Å². The largest absolute Gasteiger partial charge is 0.477 e. The van der Waals surface area contributed by atoms with Crippen LogP contribution in [0.25, 0.3) is 10.9 Å². The van der Waals surface area contributed by atoms with Gasteiger partial charge >= 0.3 is 5.97 Å². The van der Waals surface area contributed by atoms with E-state index in [1.807, 2.05) is 24.3 Å². The molecule has 2 heterocycles. The van der Waals surface area contributed by atoms with Gasteiger partial charge in [-0.3, -0.25) is 0 Å². The zero-order valence-corrected chi connectivity index (χ0v) is 12.0. The monoisotopic (exact) mass is 286 g/mol. The Morgan fingerprint density at radius 2 is 2.05 bits per heavy atom. The standard InChI is InChI=1S/C16H18N2O3/c1-21-11-6-8-18(9-7-11)15-10-14(16(19)20)17-13-5-3-2-4-12(13)15/h2-5,10-11H,6-9H2,1H3,(H,19,20). The maximum atomic E-state index is 11.3. The van der Waals surface area contributed by atoms with E-state index >= 15 is 0 Å². The number of para-hydroxylation sites is 1. The molecule has 1 aliphatic rings. The maximum absolute atomic E-state index is 11.3. The molecule has 3 rings (SSSR count). The highest BCUT2D eigenvalue weighted by Gasteiger charge is 2.21. The number of benzene rings is 1. The van der Waals surface area contributed by atoms with Gasteiger partial charge in [-0.2, -0.15) is 0 Å². The fourth-order valence-corrected chi connectivity index (χ4v) is 2.86. The second kappa shape index (κ2) is 5.69. The molecule has 1 N–H and O–H groups in total. The molecule has 0 bridgehead atoms. The van der Waals surface area contributed by atoms with E-state index in [2.05, 4.69) is 9.88 Å². The molecule has 0 aliphatic carbocycles. The predicted molar refractivity (Wildman–Crippen MR) is 80.9 cm³/mol. The summed E-state index contributed by atoms with van der Waals surface area (Å²) in [6.07, 6.45) is 2.21. The van der Waals surface area contributed by atoms with Crippen molar-refractivity contribution in [2.45, 2.75) is 18.9 Å². The minimum atomic E-state index is -0.992. The summed E-state index contributed by atoms with van der Waals surface area (Å²) in [5, 5.41) is 10.2. The van der Waals surface area contributed by atoms with Crippen LogP contribution in [0.1, 0.15) is 23.3 Å². The molecule has 0 unspecified atom stereocenters. The summed E-state index contributed by atoms with van der Waals surface area (Å²) < 4.78 is 5.39. The van der Waals surface area contributed by atoms with Gasteiger partial charge in [-0.1, -0.05) is 18.2 Å². The van der Waals surface area contributed by atoms with E-state index in [4.69, 9.17) is 4.74 Å². The van der Waals surface area contributed by atoms with Crippen LogP contribution in [-0.2, 0) is 4.74 Å². The number of aromatic carboxylic acids is 1. The summed E-state index contributed by atoms with van der Waals surface area (Å²) >= 11 is 0. The van der Waals surface area contributed by atoms with Gasteiger partial charge in [0.25, 0.3) is 0 Å². The number of carboxylic acids is 1. The minimum Gasteiger partial charge on any atom is -0.477 e. The summed E-state index contributed by atoms with van der Waals surface area (Å²) in [7, 11) is 1.74. The van der Waals surface area contributed by atoms with E-state index in [1.54, 1.807) is 13.2 Å². The van der Waals surface area contributed by atoms with Crippen LogP contribution in [0.3, 0.4) is 0 Å². The summed E-state index contributed by atoms with van der Waals surface area (Å²) in [6, 6.07) is 9.36. The highest BCUT2D eigenvalue weighted by molar-refractivity contribution is 5.97. The summed E-state index contributed by atoms with van der Waals surface area (Å²) in [6.45, 7) is 1.73. The van der Waals surface area contributed by atoms with E-state index in [9.17, 15) is 9.90 Å². The van der Waals surface area contributed by atoms with Crippen LogP contribution in [0, 0.1) is 0 Å². The first-order valence-electron chi connectivity index (χ1n) is 7.10. The Balaban J connectivity index is 2.02. The molecule has 0 atom stereocenters. The van der Waals surface area contributed by atoms with Gasteiger partial charge in [-0.05, 0) is 25.0 Å². The Hall–Kier alpha value is -2.14. The van der Waals surface area contributed by atoms with Crippen molar-refractivity contribution in [2.24, 2.45) is 0 Å². The van der Waals surface area contributed by atoms with E-state index < -0.39 is 5.97 Å². The molecule has 5 heteroatoms. The number of pyridine rings is 1. The Morgan fingerprint density at radius 1 is 1.33 bits per heavy atom. The van der Waals surface area contributed by atoms with Gasteiger partial charge in [-0.25, -0.2) is 9.78 Å². The average molecular weight is 286 g/mol. The Morgan fingerprint density at radius 3 is 2.71 bits per heavy atom. The number of methoxy groups -OCH3 is 1. The zero-order chi connectivity index (χ0) is 14.8. The third-order valence-electron chi connectivity index (χ3n) is 4.03. The van der Waals surface area contributed by atoms with Crippen molar-refractivity contribution >= 4 is 22.6 Å². The smallest absolute Gasteiger partial charge is 0.354 e. The molecule has 21 heavy (non-hydrogen) atoms. The summed E-state index contributed by atoms with van der Waals surface area (Å²) in [5.41, 5.74) is 1.77. The number of rotatable bonds is 3. The number of piperidine rings is 1. The van der Waals surface area contributed by atoms with Crippen LogP contribution < -0.4 is 4.90 Å². The van der Waals surface area contributed by atoms with Gasteiger partial charge in [0.2, 0.25) is 0 Å². The molecular formula is C16H18N2O3.